The van der Waals surface area contributed by atoms with Gasteiger partial charge in [0.1, 0.15) is 0 Å². The second-order valence-corrected chi connectivity index (χ2v) is 12.8. The van der Waals surface area contributed by atoms with Gasteiger partial charge in [0.15, 0.2) is 0 Å². The minimum absolute atomic E-state index is 0.797. The van der Waals surface area contributed by atoms with Crippen molar-refractivity contribution in [2.75, 3.05) is 0 Å². The van der Waals surface area contributed by atoms with E-state index in [4.69, 9.17) is 0 Å². The first-order valence-corrected chi connectivity index (χ1v) is 16.0. The third-order valence-corrected chi connectivity index (χ3v) is 7.13. The van der Waals surface area contributed by atoms with Crippen molar-refractivity contribution in [1.82, 2.24) is 0 Å². The zero-order valence-electron chi connectivity index (χ0n) is 28.1. The van der Waals surface area contributed by atoms with Crippen molar-refractivity contribution in [3.05, 3.63) is 107 Å². The maximum atomic E-state index is 2.42. The fourth-order valence-corrected chi connectivity index (χ4v) is 4.37. The summed E-state index contributed by atoms with van der Waals surface area (Å²) in [6.07, 6.45) is 40.1. The lowest BCUT2D eigenvalue weighted by Crippen LogP contribution is -1.97. The molecule has 0 saturated carbocycles. The summed E-state index contributed by atoms with van der Waals surface area (Å²) in [5, 5.41) is 0. The van der Waals surface area contributed by atoms with E-state index in [0.717, 1.165) is 17.8 Å². The third-order valence-electron chi connectivity index (χ3n) is 7.13. The molecule has 0 aliphatic heterocycles. The summed E-state index contributed by atoms with van der Waals surface area (Å²) in [4.78, 5) is 0. The molecular formula is C40H64. The number of hydrogen-bond donors (Lipinski definition) is 0. The van der Waals surface area contributed by atoms with Gasteiger partial charge in [0, 0.05) is 0 Å². The Labute approximate surface area is 251 Å². The molecule has 0 rings (SSSR count). The summed E-state index contributed by atoms with van der Waals surface area (Å²) >= 11 is 0. The SMILES string of the molecule is CC(/C=C/C=C(C)/C=C/C=C(\C)CCCC(C)C)=C\C=C/C=C(C)/C=C/C=C(\C)CCCC(C)CCCC(C)C. The van der Waals surface area contributed by atoms with Gasteiger partial charge in [-0.1, -0.05) is 174 Å². The van der Waals surface area contributed by atoms with Crippen LogP contribution in [0, 0.1) is 17.8 Å². The van der Waals surface area contributed by atoms with E-state index >= 15 is 0 Å². The Hall–Kier alpha value is -2.34. The van der Waals surface area contributed by atoms with Crippen molar-refractivity contribution in [3.8, 4) is 0 Å². The molecular weight excluding hydrogens is 480 g/mol. The van der Waals surface area contributed by atoms with Crippen LogP contribution < -0.4 is 0 Å². The Morgan fingerprint density at radius 1 is 0.425 bits per heavy atom. The van der Waals surface area contributed by atoms with Crippen molar-refractivity contribution in [2.45, 2.75) is 127 Å². The minimum Gasteiger partial charge on any atom is -0.0733 e. The van der Waals surface area contributed by atoms with Crippen LogP contribution in [0.1, 0.15) is 127 Å². The van der Waals surface area contributed by atoms with E-state index in [-0.39, 0.29) is 0 Å². The Kier molecular flexibility index (Phi) is 23.0. The van der Waals surface area contributed by atoms with Crippen LogP contribution in [0.4, 0.5) is 0 Å². The lowest BCUT2D eigenvalue weighted by atomic mass is 9.94. The standard InChI is InChI=1S/C40H64/c1-33(2)19-13-23-37(7)27-17-31-39(9)29-15-25-35(5)21-11-12-22-36(6)26-16-30-40(10)32-18-28-38(8)24-14-20-34(3)4/h11-12,15-17,21-22,25-27,29-31,33-34,38H,13-14,18-20,23-24,28,32H2,1-10H3/b12-11-,25-15+,26-16+,31-17+,35-21+,36-22+,37-27+,39-29+,40-30+. The first-order chi connectivity index (χ1) is 19.0. The molecule has 0 bridgehead atoms. The molecule has 0 amide bonds. The molecule has 0 aliphatic carbocycles. The molecule has 0 heterocycles. The lowest BCUT2D eigenvalue weighted by Gasteiger charge is -2.12. The van der Waals surface area contributed by atoms with Crippen molar-refractivity contribution < 1.29 is 0 Å². The van der Waals surface area contributed by atoms with Gasteiger partial charge in [-0.3, -0.25) is 0 Å². The lowest BCUT2D eigenvalue weighted by molar-refractivity contribution is 0.427. The van der Waals surface area contributed by atoms with E-state index in [1.807, 2.05) is 0 Å². The largest absolute Gasteiger partial charge is 0.0733 e. The van der Waals surface area contributed by atoms with Crippen molar-refractivity contribution in [2.24, 2.45) is 17.8 Å². The van der Waals surface area contributed by atoms with Gasteiger partial charge in [-0.2, -0.15) is 0 Å². The maximum Gasteiger partial charge on any atom is -0.0320 e. The molecule has 0 heteroatoms. The van der Waals surface area contributed by atoms with Gasteiger partial charge in [0.05, 0.1) is 0 Å². The predicted molar refractivity (Wildman–Crippen MR) is 186 cm³/mol. The van der Waals surface area contributed by atoms with Crippen molar-refractivity contribution in [1.29, 1.82) is 0 Å². The normalized spacial score (nSPS) is 15.8. The maximum absolute atomic E-state index is 2.42. The van der Waals surface area contributed by atoms with Gasteiger partial charge in [-0.15, -0.1) is 0 Å². The van der Waals surface area contributed by atoms with E-state index in [9.17, 15) is 0 Å². The fraction of sp³-hybridized carbons (Fsp3) is 0.550. The van der Waals surface area contributed by atoms with E-state index in [1.165, 1.54) is 85.7 Å². The molecule has 0 fully saturated rings. The van der Waals surface area contributed by atoms with E-state index < -0.39 is 0 Å². The van der Waals surface area contributed by atoms with Gasteiger partial charge >= 0.3 is 0 Å². The summed E-state index contributed by atoms with van der Waals surface area (Å²) < 4.78 is 0. The monoisotopic (exact) mass is 545 g/mol. The van der Waals surface area contributed by atoms with Crippen LogP contribution in [0.15, 0.2) is 107 Å². The van der Waals surface area contributed by atoms with Crippen LogP contribution in [0.5, 0.6) is 0 Å². The molecule has 1 unspecified atom stereocenters. The molecule has 224 valence electrons. The van der Waals surface area contributed by atoms with E-state index in [0.29, 0.717) is 0 Å². The Balaban J connectivity index is 4.47. The number of rotatable bonds is 20. The van der Waals surface area contributed by atoms with Crippen LogP contribution in [-0.4, -0.2) is 0 Å². The Morgan fingerprint density at radius 2 is 0.775 bits per heavy atom. The number of allylic oxidation sites excluding steroid dienone is 18. The summed E-state index contributed by atoms with van der Waals surface area (Å²) in [5.74, 6) is 2.49. The summed E-state index contributed by atoms with van der Waals surface area (Å²) in [7, 11) is 0. The van der Waals surface area contributed by atoms with Gasteiger partial charge < -0.3 is 0 Å². The van der Waals surface area contributed by atoms with Gasteiger partial charge in [-0.25, -0.2) is 0 Å². The smallest absolute Gasteiger partial charge is 0.0320 e. The quantitative estimate of drug-likeness (QED) is 0.134. The molecule has 0 aromatic carbocycles. The molecule has 0 spiro atoms. The highest BCUT2D eigenvalue weighted by atomic mass is 14.1. The van der Waals surface area contributed by atoms with Crippen LogP contribution in [0.3, 0.4) is 0 Å². The van der Waals surface area contributed by atoms with E-state index in [2.05, 4.69) is 148 Å². The molecule has 0 nitrogen and oxygen atoms in total. The van der Waals surface area contributed by atoms with Gasteiger partial charge in [0.2, 0.25) is 0 Å². The molecule has 0 N–H and O–H groups in total. The first kappa shape index (κ1) is 37.7. The topological polar surface area (TPSA) is 0 Å². The summed E-state index contributed by atoms with van der Waals surface area (Å²) in [5.41, 5.74) is 6.69. The Bertz CT molecular complexity index is 931. The van der Waals surface area contributed by atoms with Crippen LogP contribution in [0.25, 0.3) is 0 Å². The highest BCUT2D eigenvalue weighted by Crippen LogP contribution is 2.19. The highest BCUT2D eigenvalue weighted by Gasteiger charge is 2.03. The third kappa shape index (κ3) is 25.9. The van der Waals surface area contributed by atoms with Crippen molar-refractivity contribution in [3.63, 3.8) is 0 Å². The average Bonchev–Trinajstić information content (AvgIpc) is 2.86. The zero-order chi connectivity index (χ0) is 30.2. The van der Waals surface area contributed by atoms with Crippen LogP contribution in [-0.2, 0) is 0 Å². The minimum atomic E-state index is 0.797. The second-order valence-electron chi connectivity index (χ2n) is 12.8. The predicted octanol–water partition coefficient (Wildman–Crippen LogP) is 13.4. The van der Waals surface area contributed by atoms with Crippen LogP contribution in [0.2, 0.25) is 0 Å². The molecule has 40 heavy (non-hydrogen) atoms. The van der Waals surface area contributed by atoms with Gasteiger partial charge in [-0.05, 0) is 78.1 Å². The fourth-order valence-electron chi connectivity index (χ4n) is 4.37. The summed E-state index contributed by atoms with van der Waals surface area (Å²) in [6, 6.07) is 0. The molecule has 0 radical (unpaired) electrons. The Morgan fingerprint density at radius 3 is 1.23 bits per heavy atom. The molecule has 0 aromatic rings. The first-order valence-electron chi connectivity index (χ1n) is 16.0. The number of hydrogen-bond acceptors (Lipinski definition) is 0. The van der Waals surface area contributed by atoms with Gasteiger partial charge in [0.25, 0.3) is 0 Å². The molecule has 0 saturated heterocycles. The van der Waals surface area contributed by atoms with E-state index in [1.54, 1.807) is 0 Å². The van der Waals surface area contributed by atoms with Crippen LogP contribution >= 0.6 is 0 Å². The highest BCUT2D eigenvalue weighted by molar-refractivity contribution is 5.31. The molecule has 0 aromatic heterocycles. The summed E-state index contributed by atoms with van der Waals surface area (Å²) in [6.45, 7) is 22.6. The van der Waals surface area contributed by atoms with Crippen molar-refractivity contribution >= 4 is 0 Å². The molecule has 1 atom stereocenters. The second kappa shape index (κ2) is 24.5. The zero-order valence-corrected chi connectivity index (χ0v) is 28.1. The molecule has 0 aliphatic rings. The average molecular weight is 545 g/mol.